The van der Waals surface area contributed by atoms with E-state index in [4.69, 9.17) is 4.74 Å². The Morgan fingerprint density at radius 1 is 1.03 bits per heavy atom. The second kappa shape index (κ2) is 8.96. The summed E-state index contributed by atoms with van der Waals surface area (Å²) in [5.41, 5.74) is 1.58. The highest BCUT2D eigenvalue weighted by Crippen LogP contribution is 2.26. The first-order chi connectivity index (χ1) is 14.3. The molecule has 0 atom stereocenters. The Balaban J connectivity index is 1.75. The van der Waals surface area contributed by atoms with Gasteiger partial charge in [-0.2, -0.15) is 0 Å². The van der Waals surface area contributed by atoms with Crippen LogP contribution < -0.4 is 14.8 Å². The predicted octanol–water partition coefficient (Wildman–Crippen LogP) is 3.87. The molecular weight excluding hydrogens is 407 g/mol. The van der Waals surface area contributed by atoms with Gasteiger partial charge in [-0.1, -0.05) is 30.3 Å². The maximum Gasteiger partial charge on any atom is 0.262 e. The summed E-state index contributed by atoms with van der Waals surface area (Å²) in [6.07, 6.45) is 0. The van der Waals surface area contributed by atoms with Gasteiger partial charge in [0.2, 0.25) is 0 Å². The number of anilines is 1. The van der Waals surface area contributed by atoms with Crippen molar-refractivity contribution in [3.63, 3.8) is 0 Å². The Bertz CT molecular complexity index is 1180. The van der Waals surface area contributed by atoms with Crippen molar-refractivity contribution >= 4 is 21.6 Å². The Morgan fingerprint density at radius 2 is 1.80 bits per heavy atom. The standard InChI is InChI=1S/C22H21FN2O4S/c1-15-10-11-16(12-19(15)23)14-24-22(26)17-6-5-7-18(13-17)30(27,28)25-20-8-3-4-9-21(20)29-2/h3-13,25H,14H2,1-2H3,(H,24,26). The van der Waals surface area contributed by atoms with Crippen molar-refractivity contribution < 1.29 is 22.3 Å². The Morgan fingerprint density at radius 3 is 2.53 bits per heavy atom. The van der Waals surface area contributed by atoms with Crippen LogP contribution in [-0.4, -0.2) is 21.4 Å². The Labute approximate surface area is 174 Å². The number of methoxy groups -OCH3 is 1. The number of hydrogen-bond donors (Lipinski definition) is 2. The van der Waals surface area contributed by atoms with Crippen molar-refractivity contribution in [1.29, 1.82) is 0 Å². The summed E-state index contributed by atoms with van der Waals surface area (Å²) >= 11 is 0. The third-order valence-electron chi connectivity index (χ3n) is 4.45. The Hall–Kier alpha value is -3.39. The van der Waals surface area contributed by atoms with Crippen molar-refractivity contribution in [2.75, 3.05) is 11.8 Å². The van der Waals surface area contributed by atoms with Gasteiger partial charge in [0.25, 0.3) is 15.9 Å². The molecule has 1 amide bonds. The van der Waals surface area contributed by atoms with Gasteiger partial charge >= 0.3 is 0 Å². The lowest BCUT2D eigenvalue weighted by atomic mass is 10.1. The fourth-order valence-electron chi connectivity index (χ4n) is 2.77. The summed E-state index contributed by atoms with van der Waals surface area (Å²) in [5.74, 6) is -0.442. The van der Waals surface area contributed by atoms with Gasteiger partial charge in [0.05, 0.1) is 17.7 Å². The van der Waals surface area contributed by atoms with Crippen LogP contribution in [0.2, 0.25) is 0 Å². The molecule has 30 heavy (non-hydrogen) atoms. The van der Waals surface area contributed by atoms with Crippen LogP contribution in [-0.2, 0) is 16.6 Å². The van der Waals surface area contributed by atoms with Crippen LogP contribution in [0.4, 0.5) is 10.1 Å². The van der Waals surface area contributed by atoms with Gasteiger partial charge in [0.1, 0.15) is 11.6 Å². The minimum Gasteiger partial charge on any atom is -0.495 e. The molecule has 0 radical (unpaired) electrons. The van der Waals surface area contributed by atoms with E-state index in [-0.39, 0.29) is 28.5 Å². The van der Waals surface area contributed by atoms with Crippen LogP contribution in [0.5, 0.6) is 5.75 Å². The van der Waals surface area contributed by atoms with Gasteiger partial charge in [-0.15, -0.1) is 0 Å². The third-order valence-corrected chi connectivity index (χ3v) is 5.81. The van der Waals surface area contributed by atoms with Crippen molar-refractivity contribution in [2.24, 2.45) is 0 Å². The molecule has 0 unspecified atom stereocenters. The number of halogens is 1. The molecule has 0 bridgehead atoms. The van der Waals surface area contributed by atoms with E-state index in [1.54, 1.807) is 43.3 Å². The van der Waals surface area contributed by atoms with Gasteiger partial charge in [-0.3, -0.25) is 9.52 Å². The predicted molar refractivity (Wildman–Crippen MR) is 113 cm³/mol. The van der Waals surface area contributed by atoms with Crippen molar-refractivity contribution in [3.05, 3.63) is 89.2 Å². The molecule has 0 fully saturated rings. The molecule has 156 valence electrons. The quantitative estimate of drug-likeness (QED) is 0.598. The molecule has 0 aliphatic heterocycles. The summed E-state index contributed by atoms with van der Waals surface area (Å²) in [7, 11) is -2.50. The molecule has 0 saturated carbocycles. The fraction of sp³-hybridized carbons (Fsp3) is 0.136. The zero-order chi connectivity index (χ0) is 21.7. The second-order valence-corrected chi connectivity index (χ2v) is 8.28. The van der Waals surface area contributed by atoms with Gasteiger partial charge in [0.15, 0.2) is 0 Å². The van der Waals surface area contributed by atoms with Crippen LogP contribution in [0.3, 0.4) is 0 Å². The molecule has 0 aromatic heterocycles. The summed E-state index contributed by atoms with van der Waals surface area (Å²) in [6.45, 7) is 1.77. The number of para-hydroxylation sites is 2. The molecule has 3 aromatic carbocycles. The number of benzene rings is 3. The topological polar surface area (TPSA) is 84.5 Å². The lowest BCUT2D eigenvalue weighted by molar-refractivity contribution is 0.0950. The number of carbonyl (C=O) groups is 1. The summed E-state index contributed by atoms with van der Waals surface area (Å²) < 4.78 is 46.8. The van der Waals surface area contributed by atoms with Crippen LogP contribution in [0.1, 0.15) is 21.5 Å². The maximum atomic E-state index is 13.6. The number of aryl methyl sites for hydroxylation is 1. The van der Waals surface area contributed by atoms with E-state index < -0.39 is 15.9 Å². The van der Waals surface area contributed by atoms with Crippen molar-refractivity contribution in [2.45, 2.75) is 18.4 Å². The largest absolute Gasteiger partial charge is 0.495 e. The molecule has 3 aromatic rings. The van der Waals surface area contributed by atoms with Crippen LogP contribution in [0, 0.1) is 12.7 Å². The average molecular weight is 428 g/mol. The first kappa shape index (κ1) is 21.3. The first-order valence-corrected chi connectivity index (χ1v) is 10.6. The number of hydrogen-bond acceptors (Lipinski definition) is 4. The van der Waals surface area contributed by atoms with Crippen LogP contribution in [0.15, 0.2) is 71.6 Å². The summed E-state index contributed by atoms with van der Waals surface area (Å²) in [6, 6.07) is 17.0. The highest BCUT2D eigenvalue weighted by Gasteiger charge is 2.18. The molecule has 0 aliphatic rings. The minimum absolute atomic E-state index is 0.0672. The van der Waals surface area contributed by atoms with E-state index in [9.17, 15) is 17.6 Å². The molecule has 3 rings (SSSR count). The number of ether oxygens (including phenoxy) is 1. The van der Waals surface area contributed by atoms with Gasteiger partial charge < -0.3 is 10.1 Å². The average Bonchev–Trinajstić information content (AvgIpc) is 2.74. The molecule has 2 N–H and O–H groups in total. The number of sulfonamides is 1. The van der Waals surface area contributed by atoms with E-state index in [0.29, 0.717) is 16.9 Å². The molecule has 6 nitrogen and oxygen atoms in total. The lowest BCUT2D eigenvalue weighted by Gasteiger charge is -2.12. The highest BCUT2D eigenvalue weighted by atomic mass is 32.2. The molecule has 8 heteroatoms. The fourth-order valence-corrected chi connectivity index (χ4v) is 3.88. The maximum absolute atomic E-state index is 13.6. The van der Waals surface area contributed by atoms with Gasteiger partial charge in [0, 0.05) is 12.1 Å². The third kappa shape index (κ3) is 4.96. The smallest absolute Gasteiger partial charge is 0.262 e. The monoisotopic (exact) mass is 428 g/mol. The van der Waals surface area contributed by atoms with Gasteiger partial charge in [-0.05, 0) is 54.4 Å². The zero-order valence-corrected chi connectivity index (χ0v) is 17.3. The van der Waals surface area contributed by atoms with Crippen molar-refractivity contribution in [3.8, 4) is 5.75 Å². The summed E-state index contributed by atoms with van der Waals surface area (Å²) in [5, 5.41) is 2.67. The van der Waals surface area contributed by atoms with Crippen LogP contribution in [0.25, 0.3) is 0 Å². The van der Waals surface area contributed by atoms with E-state index in [1.165, 1.54) is 37.4 Å². The number of rotatable bonds is 7. The van der Waals surface area contributed by atoms with E-state index in [2.05, 4.69) is 10.0 Å². The second-order valence-electron chi connectivity index (χ2n) is 6.60. The van der Waals surface area contributed by atoms with Gasteiger partial charge in [-0.25, -0.2) is 12.8 Å². The SMILES string of the molecule is COc1ccccc1NS(=O)(=O)c1cccc(C(=O)NCc2ccc(C)c(F)c2)c1. The number of nitrogens with one attached hydrogen (secondary N) is 2. The number of carbonyl (C=O) groups excluding carboxylic acids is 1. The molecule has 0 spiro atoms. The Kier molecular flexibility index (Phi) is 6.37. The molecular formula is C22H21FN2O4S. The summed E-state index contributed by atoms with van der Waals surface area (Å²) in [4.78, 5) is 12.4. The van der Waals surface area contributed by atoms with E-state index >= 15 is 0 Å². The normalized spacial score (nSPS) is 11.0. The molecule has 0 saturated heterocycles. The number of amides is 1. The van der Waals surface area contributed by atoms with Crippen LogP contribution >= 0.6 is 0 Å². The highest BCUT2D eigenvalue weighted by molar-refractivity contribution is 7.92. The zero-order valence-electron chi connectivity index (χ0n) is 16.5. The minimum atomic E-state index is -3.94. The first-order valence-electron chi connectivity index (χ1n) is 9.09. The molecule has 0 heterocycles. The lowest BCUT2D eigenvalue weighted by Crippen LogP contribution is -2.23. The van der Waals surface area contributed by atoms with E-state index in [0.717, 1.165) is 0 Å². The van der Waals surface area contributed by atoms with E-state index in [1.807, 2.05) is 0 Å². The van der Waals surface area contributed by atoms with Crippen molar-refractivity contribution in [1.82, 2.24) is 5.32 Å². The molecule has 0 aliphatic carbocycles.